The summed E-state index contributed by atoms with van der Waals surface area (Å²) in [5, 5.41) is 2.50. The second-order valence-electron chi connectivity index (χ2n) is 5.94. The second kappa shape index (κ2) is 7.47. The molecule has 1 amide bonds. The predicted molar refractivity (Wildman–Crippen MR) is 97.3 cm³/mol. The zero-order valence-corrected chi connectivity index (χ0v) is 15.6. The molecule has 0 heterocycles. The third kappa shape index (κ3) is 5.13. The fourth-order valence-electron chi connectivity index (χ4n) is 2.31. The van der Waals surface area contributed by atoms with Crippen LogP contribution in [-0.2, 0) is 21.0 Å². The number of hydrogen-bond donors (Lipinski definition) is 2. The first kappa shape index (κ1) is 20.6. The minimum absolute atomic E-state index is 0.154. The van der Waals surface area contributed by atoms with Gasteiger partial charge in [-0.3, -0.25) is 9.52 Å². The molecule has 0 saturated carbocycles. The molecule has 2 aromatic rings. The first-order valence-corrected chi connectivity index (χ1v) is 9.17. The molecule has 0 spiro atoms. The topological polar surface area (TPSA) is 78.5 Å². The Morgan fingerprint density at radius 2 is 1.63 bits per heavy atom. The van der Waals surface area contributed by atoms with Crippen LogP contribution in [0.15, 0.2) is 47.4 Å². The number of nitrogens with zero attached hydrogens (tertiary/aromatic N) is 1. The zero-order chi connectivity index (χ0) is 20.4. The van der Waals surface area contributed by atoms with E-state index in [1.54, 1.807) is 14.1 Å². The Morgan fingerprint density at radius 1 is 1.04 bits per heavy atom. The Hall–Kier alpha value is -2.75. The summed E-state index contributed by atoms with van der Waals surface area (Å²) in [7, 11) is -0.962. The molecule has 0 atom stereocenters. The number of benzene rings is 2. The molecular weight excluding hydrogens is 383 g/mol. The molecule has 27 heavy (non-hydrogen) atoms. The second-order valence-corrected chi connectivity index (χ2v) is 7.62. The molecule has 2 N–H and O–H groups in total. The van der Waals surface area contributed by atoms with Crippen molar-refractivity contribution >= 4 is 33.0 Å². The van der Waals surface area contributed by atoms with Crippen LogP contribution in [0.25, 0.3) is 0 Å². The summed E-state index contributed by atoms with van der Waals surface area (Å²) in [6, 6.07) is 8.09. The minimum atomic E-state index is -4.61. The van der Waals surface area contributed by atoms with Crippen LogP contribution >= 0.6 is 0 Å². The van der Waals surface area contributed by atoms with Gasteiger partial charge in [-0.1, -0.05) is 0 Å². The quantitative estimate of drug-likeness (QED) is 0.804. The van der Waals surface area contributed by atoms with Crippen LogP contribution in [0, 0.1) is 0 Å². The van der Waals surface area contributed by atoms with E-state index >= 15 is 0 Å². The monoisotopic (exact) mass is 401 g/mol. The number of hydrogen-bond acceptors (Lipinski definition) is 4. The van der Waals surface area contributed by atoms with Gasteiger partial charge in [0.25, 0.3) is 10.0 Å². The number of carbonyl (C=O) groups excluding carboxylic acids is 1. The van der Waals surface area contributed by atoms with Crippen LogP contribution < -0.4 is 14.9 Å². The van der Waals surface area contributed by atoms with Gasteiger partial charge in [0.15, 0.2) is 0 Å². The van der Waals surface area contributed by atoms with Gasteiger partial charge in [0.2, 0.25) is 5.91 Å². The zero-order valence-electron chi connectivity index (χ0n) is 14.8. The average molecular weight is 401 g/mol. The van der Waals surface area contributed by atoms with Gasteiger partial charge in [-0.25, -0.2) is 8.42 Å². The normalized spacial score (nSPS) is 11.8. The highest BCUT2D eigenvalue weighted by Crippen LogP contribution is 2.35. The van der Waals surface area contributed by atoms with E-state index in [-0.39, 0.29) is 22.2 Å². The smallest absolute Gasteiger partial charge is 0.376 e. The van der Waals surface area contributed by atoms with Gasteiger partial charge in [0, 0.05) is 26.7 Å². The number of rotatable bonds is 5. The fraction of sp³-hybridized carbons (Fsp3) is 0.235. The highest BCUT2D eigenvalue weighted by Gasteiger charge is 2.31. The molecule has 0 saturated heterocycles. The van der Waals surface area contributed by atoms with E-state index < -0.39 is 21.8 Å². The Kier molecular flexibility index (Phi) is 5.69. The molecule has 0 radical (unpaired) electrons. The summed E-state index contributed by atoms with van der Waals surface area (Å²) < 4.78 is 66.3. The van der Waals surface area contributed by atoms with Crippen molar-refractivity contribution in [2.24, 2.45) is 0 Å². The fourth-order valence-corrected chi connectivity index (χ4v) is 3.37. The van der Waals surface area contributed by atoms with Crippen molar-refractivity contribution in [1.82, 2.24) is 0 Å². The highest BCUT2D eigenvalue weighted by atomic mass is 32.2. The molecule has 2 rings (SSSR count). The van der Waals surface area contributed by atoms with Crippen LogP contribution in [0.1, 0.15) is 12.5 Å². The van der Waals surface area contributed by atoms with Gasteiger partial charge in [0.05, 0.1) is 21.8 Å². The van der Waals surface area contributed by atoms with E-state index in [0.717, 1.165) is 12.1 Å². The van der Waals surface area contributed by atoms with Crippen molar-refractivity contribution in [3.05, 3.63) is 48.0 Å². The van der Waals surface area contributed by atoms with E-state index in [0.29, 0.717) is 5.69 Å². The Balaban J connectivity index is 2.40. The lowest BCUT2D eigenvalue weighted by Gasteiger charge is -2.20. The lowest BCUT2D eigenvalue weighted by Crippen LogP contribution is -2.18. The van der Waals surface area contributed by atoms with Crippen molar-refractivity contribution in [2.45, 2.75) is 18.0 Å². The van der Waals surface area contributed by atoms with E-state index in [1.165, 1.54) is 42.2 Å². The molecule has 0 aromatic heterocycles. The Bertz CT molecular complexity index is 940. The van der Waals surface area contributed by atoms with E-state index in [9.17, 15) is 26.4 Å². The number of sulfonamides is 1. The third-order valence-electron chi connectivity index (χ3n) is 3.53. The molecule has 2 aromatic carbocycles. The maximum atomic E-state index is 13.0. The number of anilines is 3. The van der Waals surface area contributed by atoms with E-state index in [2.05, 4.69) is 10.0 Å². The molecule has 6 nitrogen and oxygen atoms in total. The van der Waals surface area contributed by atoms with Crippen molar-refractivity contribution in [2.75, 3.05) is 29.0 Å². The Morgan fingerprint density at radius 3 is 2.11 bits per heavy atom. The van der Waals surface area contributed by atoms with E-state index in [1.807, 2.05) is 0 Å². The van der Waals surface area contributed by atoms with Crippen molar-refractivity contribution in [3.8, 4) is 0 Å². The average Bonchev–Trinajstić information content (AvgIpc) is 2.53. The standard InChI is InChI=1S/C17H18F3N3O3S/c1-11(24)21-13-5-7-14(8-6-13)27(25,26)22-15-10-12(17(18,19)20)4-9-16(15)23(2)3/h4-10,22H,1-3H3,(H,21,24). The van der Waals surface area contributed by atoms with Crippen LogP contribution in [0.4, 0.5) is 30.2 Å². The molecule has 0 unspecified atom stereocenters. The summed E-state index contributed by atoms with van der Waals surface area (Å²) in [5.41, 5.74) is -0.483. The predicted octanol–water partition coefficient (Wildman–Crippen LogP) is 3.53. The van der Waals surface area contributed by atoms with Crippen molar-refractivity contribution < 1.29 is 26.4 Å². The molecule has 0 fully saturated rings. The molecular formula is C17H18F3N3O3S. The molecule has 0 aliphatic carbocycles. The summed E-state index contributed by atoms with van der Waals surface area (Å²) in [4.78, 5) is 12.4. The maximum Gasteiger partial charge on any atom is 0.416 e. The Labute approximate surface area is 155 Å². The van der Waals surface area contributed by atoms with Gasteiger partial charge in [-0.05, 0) is 42.5 Å². The molecule has 10 heteroatoms. The molecule has 0 aliphatic rings. The third-order valence-corrected chi connectivity index (χ3v) is 4.92. The van der Waals surface area contributed by atoms with E-state index in [4.69, 9.17) is 0 Å². The minimum Gasteiger partial charge on any atom is -0.376 e. The van der Waals surface area contributed by atoms with Gasteiger partial charge in [0.1, 0.15) is 0 Å². The molecule has 0 bridgehead atoms. The van der Waals surface area contributed by atoms with Crippen LogP contribution in [0.3, 0.4) is 0 Å². The first-order chi connectivity index (χ1) is 12.4. The number of halogens is 3. The lowest BCUT2D eigenvalue weighted by atomic mass is 10.1. The first-order valence-electron chi connectivity index (χ1n) is 7.69. The van der Waals surface area contributed by atoms with Gasteiger partial charge < -0.3 is 10.2 Å². The molecule has 146 valence electrons. The maximum absolute atomic E-state index is 13.0. The molecule has 0 aliphatic heterocycles. The number of nitrogens with one attached hydrogen (secondary N) is 2. The summed E-state index contributed by atoms with van der Waals surface area (Å²) in [6.45, 7) is 1.31. The largest absolute Gasteiger partial charge is 0.416 e. The van der Waals surface area contributed by atoms with Crippen molar-refractivity contribution in [3.63, 3.8) is 0 Å². The van der Waals surface area contributed by atoms with Gasteiger partial charge >= 0.3 is 6.18 Å². The summed E-state index contributed by atoms with van der Waals surface area (Å²) in [5.74, 6) is -0.316. The summed E-state index contributed by atoms with van der Waals surface area (Å²) in [6.07, 6.45) is -4.61. The summed E-state index contributed by atoms with van der Waals surface area (Å²) >= 11 is 0. The number of carbonyl (C=O) groups is 1. The number of amides is 1. The number of alkyl halides is 3. The van der Waals surface area contributed by atoms with Crippen LogP contribution in [-0.4, -0.2) is 28.4 Å². The van der Waals surface area contributed by atoms with Gasteiger partial charge in [-0.2, -0.15) is 13.2 Å². The van der Waals surface area contributed by atoms with Crippen molar-refractivity contribution in [1.29, 1.82) is 0 Å². The SMILES string of the molecule is CC(=O)Nc1ccc(S(=O)(=O)Nc2cc(C(F)(F)F)ccc2N(C)C)cc1. The van der Waals surface area contributed by atoms with Crippen LogP contribution in [0.5, 0.6) is 0 Å². The lowest BCUT2D eigenvalue weighted by molar-refractivity contribution is -0.137. The van der Waals surface area contributed by atoms with Crippen LogP contribution in [0.2, 0.25) is 0 Å². The van der Waals surface area contributed by atoms with Gasteiger partial charge in [-0.15, -0.1) is 0 Å². The highest BCUT2D eigenvalue weighted by molar-refractivity contribution is 7.92.